The van der Waals surface area contributed by atoms with Gasteiger partial charge in [-0.05, 0) is 35.4 Å². The number of halogens is 2. The molecule has 0 saturated heterocycles. The van der Waals surface area contributed by atoms with Gasteiger partial charge in [0, 0.05) is 43.0 Å². The van der Waals surface area contributed by atoms with Gasteiger partial charge in [0.25, 0.3) is 5.91 Å². The fourth-order valence-electron chi connectivity index (χ4n) is 3.34. The molecule has 8 heteroatoms. The molecule has 1 N–H and O–H groups in total. The standard InChI is InChI=1S/C25H22F2N4OS/c26-21-9-7-18(8-10-21)14-31(15-20-5-1-2-6-22(20)27)16-24-30-23(17-33-24)25(32)29-13-19-4-3-11-28-12-19/h1-12,17H,13-16H2,(H,29,32). The average Bonchev–Trinajstić information content (AvgIpc) is 3.30. The SMILES string of the molecule is O=C(NCc1cccnc1)c1csc(CN(Cc2ccc(F)cc2)Cc2ccccc2F)n1. The van der Waals surface area contributed by atoms with Crippen molar-refractivity contribution in [3.63, 3.8) is 0 Å². The number of hydrogen-bond acceptors (Lipinski definition) is 5. The van der Waals surface area contributed by atoms with Gasteiger partial charge in [-0.1, -0.05) is 36.4 Å². The molecule has 5 nitrogen and oxygen atoms in total. The van der Waals surface area contributed by atoms with Gasteiger partial charge in [0.2, 0.25) is 0 Å². The molecule has 33 heavy (non-hydrogen) atoms. The average molecular weight is 465 g/mol. The Morgan fingerprint density at radius 1 is 0.939 bits per heavy atom. The van der Waals surface area contributed by atoms with E-state index in [1.165, 1.54) is 29.5 Å². The van der Waals surface area contributed by atoms with Crippen molar-refractivity contribution in [2.75, 3.05) is 0 Å². The lowest BCUT2D eigenvalue weighted by Crippen LogP contribution is -2.24. The molecule has 0 saturated carbocycles. The van der Waals surface area contributed by atoms with Crippen molar-refractivity contribution in [2.24, 2.45) is 0 Å². The maximum Gasteiger partial charge on any atom is 0.271 e. The third-order valence-electron chi connectivity index (χ3n) is 4.99. The molecule has 4 aromatic rings. The summed E-state index contributed by atoms with van der Waals surface area (Å²) < 4.78 is 27.6. The quantitative estimate of drug-likeness (QED) is 0.381. The number of benzene rings is 2. The predicted molar refractivity (Wildman–Crippen MR) is 123 cm³/mol. The molecule has 4 rings (SSSR count). The van der Waals surface area contributed by atoms with Crippen LogP contribution in [0.3, 0.4) is 0 Å². The second kappa shape index (κ2) is 10.9. The first-order chi connectivity index (χ1) is 16.1. The van der Waals surface area contributed by atoms with Crippen LogP contribution >= 0.6 is 11.3 Å². The van der Waals surface area contributed by atoms with E-state index in [1.54, 1.807) is 48.1 Å². The van der Waals surface area contributed by atoms with Crippen molar-refractivity contribution in [1.29, 1.82) is 0 Å². The first-order valence-electron chi connectivity index (χ1n) is 10.4. The highest BCUT2D eigenvalue weighted by Crippen LogP contribution is 2.19. The molecule has 0 fully saturated rings. The number of carbonyl (C=O) groups excluding carboxylic acids is 1. The van der Waals surface area contributed by atoms with Crippen LogP contribution in [0.25, 0.3) is 0 Å². The molecule has 2 heterocycles. The Bertz CT molecular complexity index is 1200. The van der Waals surface area contributed by atoms with E-state index in [-0.39, 0.29) is 17.5 Å². The van der Waals surface area contributed by atoms with Gasteiger partial charge in [-0.25, -0.2) is 13.8 Å². The number of nitrogens with one attached hydrogen (secondary N) is 1. The molecule has 2 aromatic carbocycles. The van der Waals surface area contributed by atoms with Gasteiger partial charge in [0.1, 0.15) is 22.3 Å². The zero-order chi connectivity index (χ0) is 23.0. The minimum Gasteiger partial charge on any atom is -0.347 e. The van der Waals surface area contributed by atoms with E-state index >= 15 is 0 Å². The lowest BCUT2D eigenvalue weighted by molar-refractivity contribution is 0.0946. The number of aromatic nitrogens is 2. The van der Waals surface area contributed by atoms with Gasteiger partial charge in [0.15, 0.2) is 0 Å². The summed E-state index contributed by atoms with van der Waals surface area (Å²) in [5.41, 5.74) is 2.70. The van der Waals surface area contributed by atoms with Crippen molar-refractivity contribution in [3.05, 3.63) is 117 Å². The first-order valence-corrected chi connectivity index (χ1v) is 11.3. The Kier molecular flexibility index (Phi) is 7.49. The van der Waals surface area contributed by atoms with Gasteiger partial charge in [-0.15, -0.1) is 11.3 Å². The van der Waals surface area contributed by atoms with E-state index in [1.807, 2.05) is 17.0 Å². The highest BCUT2D eigenvalue weighted by Gasteiger charge is 2.16. The molecular weight excluding hydrogens is 442 g/mol. The summed E-state index contributed by atoms with van der Waals surface area (Å²) >= 11 is 1.38. The van der Waals surface area contributed by atoms with E-state index < -0.39 is 0 Å². The number of pyridine rings is 1. The van der Waals surface area contributed by atoms with Crippen LogP contribution in [0.1, 0.15) is 32.2 Å². The van der Waals surface area contributed by atoms with E-state index in [0.29, 0.717) is 37.4 Å². The number of amides is 1. The lowest BCUT2D eigenvalue weighted by atomic mass is 10.1. The van der Waals surface area contributed by atoms with Gasteiger partial charge in [0.05, 0.1) is 6.54 Å². The zero-order valence-electron chi connectivity index (χ0n) is 17.7. The molecule has 0 atom stereocenters. The Morgan fingerprint density at radius 3 is 2.52 bits per heavy atom. The molecule has 0 spiro atoms. The highest BCUT2D eigenvalue weighted by molar-refractivity contribution is 7.09. The van der Waals surface area contributed by atoms with Crippen LogP contribution in [0.2, 0.25) is 0 Å². The van der Waals surface area contributed by atoms with Crippen molar-refractivity contribution in [2.45, 2.75) is 26.2 Å². The van der Waals surface area contributed by atoms with Crippen LogP contribution in [0, 0.1) is 11.6 Å². The van der Waals surface area contributed by atoms with Crippen LogP contribution < -0.4 is 5.32 Å². The molecule has 0 aliphatic carbocycles. The number of rotatable bonds is 9. The summed E-state index contributed by atoms with van der Waals surface area (Å²) in [6, 6.07) is 16.6. The first kappa shape index (κ1) is 22.7. The number of carbonyl (C=O) groups is 1. The summed E-state index contributed by atoms with van der Waals surface area (Å²) in [5.74, 6) is -0.849. The smallest absolute Gasteiger partial charge is 0.271 e. The minimum absolute atomic E-state index is 0.263. The normalized spacial score (nSPS) is 11.0. The van der Waals surface area contributed by atoms with Crippen LogP contribution in [0.4, 0.5) is 8.78 Å². The molecule has 0 aliphatic rings. The summed E-state index contributed by atoms with van der Waals surface area (Å²) in [6.45, 7) is 1.62. The molecule has 0 radical (unpaired) electrons. The van der Waals surface area contributed by atoms with Crippen molar-refractivity contribution in [3.8, 4) is 0 Å². The van der Waals surface area contributed by atoms with Gasteiger partial charge in [-0.2, -0.15) is 0 Å². The van der Waals surface area contributed by atoms with E-state index in [2.05, 4.69) is 15.3 Å². The fraction of sp³-hybridized carbons (Fsp3) is 0.160. The van der Waals surface area contributed by atoms with Crippen LogP contribution in [-0.4, -0.2) is 20.8 Å². The van der Waals surface area contributed by atoms with E-state index in [9.17, 15) is 13.6 Å². The maximum atomic E-state index is 14.3. The molecule has 0 unspecified atom stereocenters. The van der Waals surface area contributed by atoms with E-state index in [4.69, 9.17) is 0 Å². The Balaban J connectivity index is 1.45. The fourth-order valence-corrected chi connectivity index (χ4v) is 4.15. The lowest BCUT2D eigenvalue weighted by Gasteiger charge is -2.22. The third-order valence-corrected chi connectivity index (χ3v) is 5.82. The number of nitrogens with zero attached hydrogens (tertiary/aromatic N) is 3. The Labute approximate surface area is 194 Å². The Morgan fingerprint density at radius 2 is 1.76 bits per heavy atom. The van der Waals surface area contributed by atoms with Gasteiger partial charge >= 0.3 is 0 Å². The number of thiazole rings is 1. The largest absolute Gasteiger partial charge is 0.347 e. The van der Waals surface area contributed by atoms with Crippen LogP contribution in [0.15, 0.2) is 78.4 Å². The highest BCUT2D eigenvalue weighted by atomic mass is 32.1. The topological polar surface area (TPSA) is 58.1 Å². The zero-order valence-corrected chi connectivity index (χ0v) is 18.6. The molecule has 2 aromatic heterocycles. The van der Waals surface area contributed by atoms with Crippen LogP contribution in [-0.2, 0) is 26.2 Å². The molecular formula is C25H22F2N4OS. The third kappa shape index (κ3) is 6.50. The second-order valence-corrected chi connectivity index (χ2v) is 8.48. The monoisotopic (exact) mass is 464 g/mol. The maximum absolute atomic E-state index is 14.3. The summed E-state index contributed by atoms with van der Waals surface area (Å²) in [5, 5.41) is 5.29. The Hall–Kier alpha value is -3.49. The molecule has 0 aliphatic heterocycles. The molecule has 1 amide bonds. The summed E-state index contributed by atoms with van der Waals surface area (Å²) in [4.78, 5) is 23.0. The molecule has 168 valence electrons. The number of hydrogen-bond donors (Lipinski definition) is 1. The summed E-state index contributed by atoms with van der Waals surface area (Å²) in [6.07, 6.45) is 3.37. The van der Waals surface area contributed by atoms with Gasteiger partial charge < -0.3 is 5.32 Å². The molecule has 0 bridgehead atoms. The minimum atomic E-state index is -0.304. The van der Waals surface area contributed by atoms with E-state index in [0.717, 1.165) is 16.1 Å². The predicted octanol–water partition coefficient (Wildman–Crippen LogP) is 4.95. The van der Waals surface area contributed by atoms with Gasteiger partial charge in [-0.3, -0.25) is 14.7 Å². The second-order valence-electron chi connectivity index (χ2n) is 7.53. The van der Waals surface area contributed by atoms with Crippen LogP contribution in [0.5, 0.6) is 0 Å². The van der Waals surface area contributed by atoms with Crippen molar-refractivity contribution < 1.29 is 13.6 Å². The van der Waals surface area contributed by atoms with Crippen molar-refractivity contribution >= 4 is 17.2 Å². The summed E-state index contributed by atoms with van der Waals surface area (Å²) in [7, 11) is 0. The van der Waals surface area contributed by atoms with Crippen molar-refractivity contribution in [1.82, 2.24) is 20.2 Å².